The fourth-order valence-electron chi connectivity index (χ4n) is 2.65. The topological polar surface area (TPSA) is 19.6 Å². The molecule has 2 aromatic carbocycles. The Labute approximate surface area is 117 Å². The van der Waals surface area contributed by atoms with Gasteiger partial charge in [0.2, 0.25) is 0 Å². The second kappa shape index (κ2) is 3.90. The summed E-state index contributed by atoms with van der Waals surface area (Å²) in [5.74, 6) is 0.915. The number of fused-ring (bicyclic) bond motifs is 3. The first-order chi connectivity index (χ1) is 9.75. The van der Waals surface area contributed by atoms with E-state index < -0.39 is 0 Å². The van der Waals surface area contributed by atoms with E-state index in [9.17, 15) is 0 Å². The Morgan fingerprint density at radius 2 is 1.75 bits per heavy atom. The molecule has 0 saturated carbocycles. The number of nitrogens with zero attached hydrogens (tertiary/aromatic N) is 2. The van der Waals surface area contributed by atoms with Gasteiger partial charge in [-0.25, -0.2) is 0 Å². The molecule has 20 heavy (non-hydrogen) atoms. The number of anilines is 1. The third-order valence-corrected chi connectivity index (χ3v) is 3.77. The van der Waals surface area contributed by atoms with E-state index in [1.807, 2.05) is 47.4 Å². The first kappa shape index (κ1) is 11.2. The Kier molecular flexibility index (Phi) is 2.18. The molecule has 3 nitrogen and oxygen atoms in total. The summed E-state index contributed by atoms with van der Waals surface area (Å²) in [6, 6.07) is 14.3. The van der Waals surface area contributed by atoms with Crippen LogP contribution in [0.4, 0.5) is 5.69 Å². The quantitative estimate of drug-likeness (QED) is 0.652. The van der Waals surface area contributed by atoms with E-state index >= 15 is 0 Å². The van der Waals surface area contributed by atoms with Crippen LogP contribution in [0.2, 0.25) is 0 Å². The van der Waals surface area contributed by atoms with Crippen LogP contribution >= 0.6 is 0 Å². The van der Waals surface area contributed by atoms with Crippen molar-refractivity contribution in [3.63, 3.8) is 0 Å². The lowest BCUT2D eigenvalue weighted by Crippen LogP contribution is -2.18. The van der Waals surface area contributed by atoms with E-state index in [1.54, 1.807) is 0 Å². The van der Waals surface area contributed by atoms with E-state index in [0.29, 0.717) is 0 Å². The zero-order valence-electron chi connectivity index (χ0n) is 11.2. The highest BCUT2D eigenvalue weighted by Crippen LogP contribution is 2.37. The molecule has 1 aliphatic rings. The molecular weight excluding hydrogens is 248 g/mol. The van der Waals surface area contributed by atoms with Crippen LogP contribution in [0.15, 0.2) is 71.7 Å². The van der Waals surface area contributed by atoms with Crippen molar-refractivity contribution >= 4 is 27.6 Å². The Bertz CT molecular complexity index is 860. The lowest BCUT2D eigenvalue weighted by Gasteiger charge is -2.20. The molecule has 0 aliphatic carbocycles. The minimum Gasteiger partial charge on any atom is -0.454 e. The largest absolute Gasteiger partial charge is 0.454 e. The SMILES string of the molecule is C=C1N(C)C=CN1c1cccc2c1oc1ccccc12. The van der Waals surface area contributed by atoms with Crippen molar-refractivity contribution in [2.24, 2.45) is 0 Å². The van der Waals surface area contributed by atoms with Crippen LogP contribution in [-0.2, 0) is 0 Å². The number of hydrogen-bond acceptors (Lipinski definition) is 3. The van der Waals surface area contributed by atoms with Crippen molar-refractivity contribution in [2.75, 3.05) is 11.9 Å². The average molecular weight is 262 g/mol. The predicted octanol–water partition coefficient (Wildman–Crippen LogP) is 4.28. The Hall–Kier alpha value is -2.68. The molecule has 98 valence electrons. The van der Waals surface area contributed by atoms with E-state index in [2.05, 4.69) is 30.8 Å². The first-order valence-electron chi connectivity index (χ1n) is 6.55. The number of rotatable bonds is 1. The molecule has 0 unspecified atom stereocenters. The summed E-state index contributed by atoms with van der Waals surface area (Å²) in [6.45, 7) is 4.10. The smallest absolute Gasteiger partial charge is 0.159 e. The molecule has 0 N–H and O–H groups in total. The van der Waals surface area contributed by atoms with Crippen molar-refractivity contribution < 1.29 is 4.42 Å². The molecule has 0 atom stereocenters. The van der Waals surface area contributed by atoms with Gasteiger partial charge in [0.25, 0.3) is 0 Å². The summed E-state index contributed by atoms with van der Waals surface area (Å²) in [5, 5.41) is 2.28. The van der Waals surface area contributed by atoms with E-state index in [4.69, 9.17) is 4.42 Å². The minimum atomic E-state index is 0.898. The van der Waals surface area contributed by atoms with Gasteiger partial charge >= 0.3 is 0 Å². The second-order valence-electron chi connectivity index (χ2n) is 4.95. The van der Waals surface area contributed by atoms with Crippen molar-refractivity contribution in [1.29, 1.82) is 0 Å². The number of benzene rings is 2. The van der Waals surface area contributed by atoms with Crippen LogP contribution < -0.4 is 4.90 Å². The van der Waals surface area contributed by atoms with E-state index in [1.165, 1.54) is 0 Å². The van der Waals surface area contributed by atoms with Crippen molar-refractivity contribution in [1.82, 2.24) is 4.90 Å². The maximum Gasteiger partial charge on any atom is 0.159 e. The van der Waals surface area contributed by atoms with Gasteiger partial charge in [-0.15, -0.1) is 0 Å². The number of furan rings is 1. The molecule has 0 fully saturated rings. The minimum absolute atomic E-state index is 0.898. The fraction of sp³-hybridized carbons (Fsp3) is 0.0588. The molecular formula is C17H14N2O. The lowest BCUT2D eigenvalue weighted by atomic mass is 10.1. The van der Waals surface area contributed by atoms with Crippen molar-refractivity contribution in [3.05, 3.63) is 67.3 Å². The van der Waals surface area contributed by atoms with Crippen molar-refractivity contribution in [2.45, 2.75) is 0 Å². The van der Waals surface area contributed by atoms with Crippen molar-refractivity contribution in [3.8, 4) is 0 Å². The molecule has 0 amide bonds. The molecule has 1 aromatic heterocycles. The standard InChI is InChI=1S/C17H14N2O/c1-12-18(2)10-11-19(12)15-8-5-7-14-13-6-3-4-9-16(13)20-17(14)15/h3-11H,1H2,2H3. The van der Waals surface area contributed by atoms with E-state index in [-0.39, 0.29) is 0 Å². The monoisotopic (exact) mass is 262 g/mol. The highest BCUT2D eigenvalue weighted by Gasteiger charge is 2.20. The van der Waals surface area contributed by atoms with Gasteiger partial charge in [-0.05, 0) is 12.1 Å². The molecule has 4 rings (SSSR count). The zero-order valence-corrected chi connectivity index (χ0v) is 11.2. The van der Waals surface area contributed by atoms with Crippen LogP contribution in [0, 0.1) is 0 Å². The molecule has 0 spiro atoms. The van der Waals surface area contributed by atoms with Gasteiger partial charge in [0.1, 0.15) is 11.4 Å². The van der Waals surface area contributed by atoms with Gasteiger partial charge in [-0.1, -0.05) is 36.9 Å². The van der Waals surface area contributed by atoms with Gasteiger partial charge in [-0.2, -0.15) is 0 Å². The summed E-state index contributed by atoms with van der Waals surface area (Å²) in [5.41, 5.74) is 2.83. The lowest BCUT2D eigenvalue weighted by molar-refractivity contribution is 0.586. The number of hydrogen-bond donors (Lipinski definition) is 0. The van der Waals surface area contributed by atoms with E-state index in [0.717, 1.165) is 33.4 Å². The summed E-state index contributed by atoms with van der Waals surface area (Å²) in [4.78, 5) is 4.03. The van der Waals surface area contributed by atoms with Crippen LogP contribution in [0.25, 0.3) is 21.9 Å². The first-order valence-corrected chi connectivity index (χ1v) is 6.55. The highest BCUT2D eigenvalue weighted by atomic mass is 16.3. The van der Waals surface area contributed by atoms with Crippen LogP contribution in [-0.4, -0.2) is 11.9 Å². The average Bonchev–Trinajstić information content (AvgIpc) is 3.01. The summed E-state index contributed by atoms with van der Waals surface area (Å²) < 4.78 is 6.04. The fourth-order valence-corrected chi connectivity index (χ4v) is 2.65. The summed E-state index contributed by atoms with van der Waals surface area (Å²) in [7, 11) is 1.98. The summed E-state index contributed by atoms with van der Waals surface area (Å²) >= 11 is 0. The molecule has 2 heterocycles. The third kappa shape index (κ3) is 1.40. The Morgan fingerprint density at radius 1 is 0.950 bits per heavy atom. The Morgan fingerprint density at radius 3 is 2.55 bits per heavy atom. The second-order valence-corrected chi connectivity index (χ2v) is 4.95. The van der Waals surface area contributed by atoms with Gasteiger partial charge in [0.05, 0.1) is 5.69 Å². The van der Waals surface area contributed by atoms with Gasteiger partial charge in [0.15, 0.2) is 5.58 Å². The number of para-hydroxylation sites is 2. The Balaban J connectivity index is 2.01. The highest BCUT2D eigenvalue weighted by molar-refractivity contribution is 6.09. The molecule has 3 heteroatoms. The normalized spacial score (nSPS) is 14.9. The van der Waals surface area contributed by atoms with Crippen LogP contribution in [0.5, 0.6) is 0 Å². The maximum absolute atomic E-state index is 6.04. The molecule has 0 bridgehead atoms. The molecule has 0 radical (unpaired) electrons. The molecule has 3 aromatic rings. The zero-order chi connectivity index (χ0) is 13.7. The van der Waals surface area contributed by atoms with Gasteiger partial charge in [0, 0.05) is 30.2 Å². The third-order valence-electron chi connectivity index (χ3n) is 3.77. The van der Waals surface area contributed by atoms with Gasteiger partial charge in [-0.3, -0.25) is 4.90 Å². The predicted molar refractivity (Wildman–Crippen MR) is 82.2 cm³/mol. The van der Waals surface area contributed by atoms with Crippen LogP contribution in [0.1, 0.15) is 0 Å². The maximum atomic E-state index is 6.04. The van der Waals surface area contributed by atoms with Gasteiger partial charge < -0.3 is 9.32 Å². The molecule has 1 aliphatic heterocycles. The molecule has 0 saturated heterocycles. The summed E-state index contributed by atoms with van der Waals surface area (Å²) in [6.07, 6.45) is 3.99. The van der Waals surface area contributed by atoms with Crippen LogP contribution in [0.3, 0.4) is 0 Å².